The second-order valence-electron chi connectivity index (χ2n) is 3.31. The van der Waals surface area contributed by atoms with E-state index in [-0.39, 0.29) is 10.6 Å². The molecule has 1 aromatic carbocycles. The first-order valence-electron chi connectivity index (χ1n) is 4.99. The molecule has 0 aliphatic rings. The first-order valence-corrected chi connectivity index (χ1v) is 4.99. The van der Waals surface area contributed by atoms with Crippen LogP contribution in [0.4, 0.5) is 5.69 Å². The fraction of sp³-hybridized carbons (Fsp3) is 0.182. The van der Waals surface area contributed by atoms with E-state index in [9.17, 15) is 10.1 Å². The van der Waals surface area contributed by atoms with Crippen molar-refractivity contribution in [2.24, 2.45) is 0 Å². The fourth-order valence-electron chi connectivity index (χ4n) is 1.66. The highest BCUT2D eigenvalue weighted by molar-refractivity contribution is 5.70. The molecule has 82 valence electrons. The number of aromatic nitrogens is 2. The number of nitro benzene ring substituents is 1. The Morgan fingerprint density at radius 2 is 2.12 bits per heavy atom. The van der Waals surface area contributed by atoms with Crippen LogP contribution in [0.1, 0.15) is 6.92 Å². The lowest BCUT2D eigenvalue weighted by Crippen LogP contribution is -2.00. The molecule has 2 rings (SSSR count). The summed E-state index contributed by atoms with van der Waals surface area (Å²) < 4.78 is 1.74. The minimum atomic E-state index is -0.373. The molecular weight excluding hydrogens is 206 g/mol. The highest BCUT2D eigenvalue weighted by atomic mass is 16.6. The Morgan fingerprint density at radius 3 is 2.81 bits per heavy atom. The standard InChI is InChI=1S/C11H11N3O2/c1-2-13-10(7-8-12-13)9-5-3-4-6-11(9)14(15)16/h3-8H,2H2,1H3. The quantitative estimate of drug-likeness (QED) is 0.586. The molecule has 0 N–H and O–H groups in total. The van der Waals surface area contributed by atoms with Crippen LogP contribution in [0, 0.1) is 10.1 Å². The van der Waals surface area contributed by atoms with Crippen LogP contribution in [0.25, 0.3) is 11.3 Å². The lowest BCUT2D eigenvalue weighted by Gasteiger charge is -2.05. The predicted octanol–water partition coefficient (Wildman–Crippen LogP) is 2.48. The normalized spacial score (nSPS) is 10.3. The summed E-state index contributed by atoms with van der Waals surface area (Å²) in [5.41, 5.74) is 1.49. The minimum Gasteiger partial charge on any atom is -0.265 e. The Morgan fingerprint density at radius 1 is 1.38 bits per heavy atom. The van der Waals surface area contributed by atoms with Gasteiger partial charge in [0.1, 0.15) is 0 Å². The van der Waals surface area contributed by atoms with Crippen molar-refractivity contribution >= 4 is 5.69 Å². The molecule has 0 saturated carbocycles. The van der Waals surface area contributed by atoms with E-state index in [0.29, 0.717) is 12.1 Å². The van der Waals surface area contributed by atoms with E-state index in [1.54, 1.807) is 35.1 Å². The Labute approximate surface area is 92.5 Å². The monoisotopic (exact) mass is 217 g/mol. The molecule has 0 unspecified atom stereocenters. The van der Waals surface area contributed by atoms with Gasteiger partial charge >= 0.3 is 0 Å². The van der Waals surface area contributed by atoms with Gasteiger partial charge in [-0.1, -0.05) is 12.1 Å². The number of para-hydroxylation sites is 1. The van der Waals surface area contributed by atoms with E-state index >= 15 is 0 Å². The van der Waals surface area contributed by atoms with Crippen molar-refractivity contribution in [2.75, 3.05) is 0 Å². The van der Waals surface area contributed by atoms with Crippen molar-refractivity contribution in [3.63, 3.8) is 0 Å². The van der Waals surface area contributed by atoms with Gasteiger partial charge in [0.15, 0.2) is 0 Å². The molecule has 0 bridgehead atoms. The first kappa shape index (κ1) is 10.4. The summed E-state index contributed by atoms with van der Waals surface area (Å²) in [7, 11) is 0. The van der Waals surface area contributed by atoms with Gasteiger partial charge in [-0.3, -0.25) is 14.8 Å². The lowest BCUT2D eigenvalue weighted by molar-refractivity contribution is -0.384. The van der Waals surface area contributed by atoms with Crippen LogP contribution in [-0.2, 0) is 6.54 Å². The lowest BCUT2D eigenvalue weighted by atomic mass is 10.1. The van der Waals surface area contributed by atoms with Crippen LogP contribution in [-0.4, -0.2) is 14.7 Å². The molecule has 0 radical (unpaired) electrons. The van der Waals surface area contributed by atoms with E-state index in [0.717, 1.165) is 5.69 Å². The number of hydrogen-bond donors (Lipinski definition) is 0. The summed E-state index contributed by atoms with van der Waals surface area (Å²) in [4.78, 5) is 10.5. The second-order valence-corrected chi connectivity index (χ2v) is 3.31. The second kappa shape index (κ2) is 4.14. The third kappa shape index (κ3) is 1.67. The van der Waals surface area contributed by atoms with Crippen LogP contribution in [0.2, 0.25) is 0 Å². The van der Waals surface area contributed by atoms with Crippen molar-refractivity contribution in [1.82, 2.24) is 9.78 Å². The maximum atomic E-state index is 10.9. The zero-order valence-corrected chi connectivity index (χ0v) is 8.83. The first-order chi connectivity index (χ1) is 7.74. The fourth-order valence-corrected chi connectivity index (χ4v) is 1.66. The van der Waals surface area contributed by atoms with Crippen LogP contribution in [0.15, 0.2) is 36.5 Å². The summed E-state index contributed by atoms with van der Waals surface area (Å²) in [6.45, 7) is 2.64. The molecule has 2 aromatic rings. The van der Waals surface area contributed by atoms with E-state index < -0.39 is 0 Å². The molecular formula is C11H11N3O2. The molecule has 5 nitrogen and oxygen atoms in total. The highest BCUT2D eigenvalue weighted by Crippen LogP contribution is 2.28. The summed E-state index contributed by atoms with van der Waals surface area (Å²) in [6, 6.07) is 8.47. The highest BCUT2D eigenvalue weighted by Gasteiger charge is 2.16. The van der Waals surface area contributed by atoms with Crippen LogP contribution < -0.4 is 0 Å². The SMILES string of the molecule is CCn1nccc1-c1ccccc1[N+](=O)[O-]. The molecule has 0 amide bonds. The number of nitro groups is 1. The van der Waals surface area contributed by atoms with E-state index in [2.05, 4.69) is 5.10 Å². The van der Waals surface area contributed by atoms with Crippen LogP contribution in [0.3, 0.4) is 0 Å². The predicted molar refractivity (Wildman–Crippen MR) is 60.0 cm³/mol. The van der Waals surface area contributed by atoms with Crippen molar-refractivity contribution in [1.29, 1.82) is 0 Å². The van der Waals surface area contributed by atoms with Gasteiger partial charge in [0, 0.05) is 18.8 Å². The maximum absolute atomic E-state index is 10.9. The van der Waals surface area contributed by atoms with Gasteiger partial charge in [-0.05, 0) is 19.1 Å². The van der Waals surface area contributed by atoms with Crippen LogP contribution >= 0.6 is 0 Å². The minimum absolute atomic E-state index is 0.109. The Kier molecular flexibility index (Phi) is 2.68. The average Bonchev–Trinajstić information content (AvgIpc) is 2.76. The zero-order valence-electron chi connectivity index (χ0n) is 8.83. The van der Waals surface area contributed by atoms with E-state index in [1.807, 2.05) is 6.92 Å². The number of hydrogen-bond acceptors (Lipinski definition) is 3. The van der Waals surface area contributed by atoms with Gasteiger partial charge in [0.05, 0.1) is 16.2 Å². The van der Waals surface area contributed by atoms with Crippen molar-refractivity contribution in [3.05, 3.63) is 46.6 Å². The molecule has 0 aliphatic heterocycles. The van der Waals surface area contributed by atoms with E-state index in [4.69, 9.17) is 0 Å². The molecule has 0 spiro atoms. The third-order valence-electron chi connectivity index (χ3n) is 2.39. The molecule has 1 aromatic heterocycles. The smallest absolute Gasteiger partial charge is 0.265 e. The van der Waals surface area contributed by atoms with Gasteiger partial charge in [-0.15, -0.1) is 0 Å². The van der Waals surface area contributed by atoms with Gasteiger partial charge < -0.3 is 0 Å². The zero-order chi connectivity index (χ0) is 11.5. The number of nitrogens with zero attached hydrogens (tertiary/aromatic N) is 3. The van der Waals surface area contributed by atoms with Crippen molar-refractivity contribution in [2.45, 2.75) is 13.5 Å². The topological polar surface area (TPSA) is 61.0 Å². The number of rotatable bonds is 3. The Bertz CT molecular complexity index is 519. The summed E-state index contributed by atoms with van der Waals surface area (Å²) in [5, 5.41) is 15.0. The third-order valence-corrected chi connectivity index (χ3v) is 2.39. The average molecular weight is 217 g/mol. The van der Waals surface area contributed by atoms with Crippen molar-refractivity contribution in [3.8, 4) is 11.3 Å². The largest absolute Gasteiger partial charge is 0.278 e. The summed E-state index contributed by atoms with van der Waals surface area (Å²) in [5.74, 6) is 0. The van der Waals surface area contributed by atoms with E-state index in [1.165, 1.54) is 6.07 Å². The van der Waals surface area contributed by atoms with Gasteiger partial charge in [-0.25, -0.2) is 0 Å². The molecule has 0 saturated heterocycles. The molecule has 5 heteroatoms. The number of aryl methyl sites for hydroxylation is 1. The van der Waals surface area contributed by atoms with Gasteiger partial charge in [-0.2, -0.15) is 5.10 Å². The summed E-state index contributed by atoms with van der Waals surface area (Å²) >= 11 is 0. The van der Waals surface area contributed by atoms with Gasteiger partial charge in [0.2, 0.25) is 0 Å². The molecule has 0 aliphatic carbocycles. The molecule has 0 fully saturated rings. The Hall–Kier alpha value is -2.17. The molecule has 0 atom stereocenters. The van der Waals surface area contributed by atoms with Gasteiger partial charge in [0.25, 0.3) is 5.69 Å². The Balaban J connectivity index is 2.60. The van der Waals surface area contributed by atoms with Crippen molar-refractivity contribution < 1.29 is 4.92 Å². The number of benzene rings is 1. The summed E-state index contributed by atoms with van der Waals surface area (Å²) in [6.07, 6.45) is 1.65. The molecule has 16 heavy (non-hydrogen) atoms. The van der Waals surface area contributed by atoms with Crippen LogP contribution in [0.5, 0.6) is 0 Å². The maximum Gasteiger partial charge on any atom is 0.278 e. The molecule has 1 heterocycles.